The highest BCUT2D eigenvalue weighted by Gasteiger charge is 2.31. The van der Waals surface area contributed by atoms with Gasteiger partial charge in [0.05, 0.1) is 0 Å². The van der Waals surface area contributed by atoms with Gasteiger partial charge in [-0.3, -0.25) is 4.79 Å². The van der Waals surface area contributed by atoms with Gasteiger partial charge in [-0.25, -0.2) is 0 Å². The second-order valence-electron chi connectivity index (χ2n) is 5.66. The van der Waals surface area contributed by atoms with Crippen molar-refractivity contribution in [2.24, 2.45) is 0 Å². The molecule has 3 heteroatoms. The molecule has 1 aliphatic rings. The van der Waals surface area contributed by atoms with Crippen molar-refractivity contribution in [3.05, 3.63) is 65.7 Å². The first kappa shape index (κ1) is 14.6. The molecule has 22 heavy (non-hydrogen) atoms. The molecule has 1 aliphatic heterocycles. The number of carbonyl (C=O) groups is 1. The molecule has 0 fully saturated rings. The first-order valence-corrected chi connectivity index (χ1v) is 7.85. The minimum Gasteiger partial charge on any atom is -0.480 e. The lowest BCUT2D eigenvalue weighted by Crippen LogP contribution is -2.41. The van der Waals surface area contributed by atoms with E-state index in [4.69, 9.17) is 4.74 Å². The van der Waals surface area contributed by atoms with Crippen molar-refractivity contribution in [3.63, 3.8) is 0 Å². The van der Waals surface area contributed by atoms with E-state index in [1.807, 2.05) is 47.4 Å². The van der Waals surface area contributed by atoms with Crippen LogP contribution < -0.4 is 4.74 Å². The summed E-state index contributed by atoms with van der Waals surface area (Å²) < 4.78 is 5.84. The summed E-state index contributed by atoms with van der Waals surface area (Å²) in [6.07, 6.45) is 1.23. The van der Waals surface area contributed by atoms with Crippen LogP contribution in [0, 0.1) is 0 Å². The number of para-hydroxylation sites is 1. The second kappa shape index (κ2) is 6.65. The summed E-state index contributed by atoms with van der Waals surface area (Å²) in [5.74, 6) is 0.930. The number of rotatable bonds is 5. The highest BCUT2D eigenvalue weighted by molar-refractivity contribution is 5.82. The fourth-order valence-corrected chi connectivity index (χ4v) is 2.86. The number of hydrogen-bond donors (Lipinski definition) is 0. The minimum atomic E-state index is -0.382. The zero-order chi connectivity index (χ0) is 15.4. The highest BCUT2D eigenvalue weighted by atomic mass is 16.5. The van der Waals surface area contributed by atoms with Crippen molar-refractivity contribution < 1.29 is 9.53 Å². The van der Waals surface area contributed by atoms with Crippen LogP contribution in [-0.2, 0) is 17.8 Å². The van der Waals surface area contributed by atoms with E-state index in [9.17, 15) is 4.79 Å². The molecule has 1 amide bonds. The van der Waals surface area contributed by atoms with Gasteiger partial charge in [-0.2, -0.15) is 0 Å². The Labute approximate surface area is 131 Å². The van der Waals surface area contributed by atoms with Crippen LogP contribution in [0.4, 0.5) is 0 Å². The molecule has 0 spiro atoms. The summed E-state index contributed by atoms with van der Waals surface area (Å²) in [5, 5.41) is 0. The molecule has 0 saturated heterocycles. The van der Waals surface area contributed by atoms with Gasteiger partial charge < -0.3 is 9.64 Å². The lowest BCUT2D eigenvalue weighted by Gasteiger charge is -2.25. The van der Waals surface area contributed by atoms with Gasteiger partial charge in [0.2, 0.25) is 0 Å². The fourth-order valence-electron chi connectivity index (χ4n) is 2.86. The van der Waals surface area contributed by atoms with Crippen molar-refractivity contribution in [3.8, 4) is 5.75 Å². The zero-order valence-electron chi connectivity index (χ0n) is 12.9. The molecule has 2 aromatic rings. The molecule has 3 rings (SSSR count). The molecule has 114 valence electrons. The van der Waals surface area contributed by atoms with Gasteiger partial charge in [-0.1, -0.05) is 55.5 Å². The number of benzene rings is 2. The molecule has 0 aromatic heterocycles. The molecule has 1 atom stereocenters. The molecular weight excluding hydrogens is 274 g/mol. The van der Waals surface area contributed by atoms with Gasteiger partial charge in [0.25, 0.3) is 5.91 Å². The Morgan fingerprint density at radius 1 is 1.14 bits per heavy atom. The van der Waals surface area contributed by atoms with Crippen LogP contribution in [0.15, 0.2) is 54.6 Å². The van der Waals surface area contributed by atoms with Crippen LogP contribution in [0.25, 0.3) is 0 Å². The Kier molecular flexibility index (Phi) is 4.42. The van der Waals surface area contributed by atoms with Gasteiger partial charge in [0.1, 0.15) is 5.75 Å². The molecule has 2 aromatic carbocycles. The molecule has 3 nitrogen and oxygen atoms in total. The molecule has 0 aliphatic carbocycles. The van der Waals surface area contributed by atoms with Crippen LogP contribution in [0.2, 0.25) is 0 Å². The molecule has 0 bridgehead atoms. The summed E-state index contributed by atoms with van der Waals surface area (Å²) in [7, 11) is 0. The van der Waals surface area contributed by atoms with E-state index >= 15 is 0 Å². The van der Waals surface area contributed by atoms with Crippen LogP contribution in [-0.4, -0.2) is 23.5 Å². The molecule has 1 unspecified atom stereocenters. The number of hydrogen-bond acceptors (Lipinski definition) is 2. The average Bonchev–Trinajstić information content (AvgIpc) is 2.99. The van der Waals surface area contributed by atoms with E-state index in [0.717, 1.165) is 29.8 Å². The first-order valence-electron chi connectivity index (χ1n) is 7.85. The van der Waals surface area contributed by atoms with E-state index in [0.29, 0.717) is 13.0 Å². The van der Waals surface area contributed by atoms with E-state index < -0.39 is 0 Å². The smallest absolute Gasteiger partial charge is 0.264 e. The van der Waals surface area contributed by atoms with E-state index in [-0.39, 0.29) is 12.0 Å². The summed E-state index contributed by atoms with van der Waals surface area (Å²) >= 11 is 0. The third-order valence-electron chi connectivity index (χ3n) is 3.94. The maximum absolute atomic E-state index is 12.8. The molecular formula is C19H21NO2. The Bertz CT molecular complexity index is 614. The normalized spacial score (nSPS) is 16.0. The number of ether oxygens (including phenoxy) is 1. The number of nitrogens with zero attached hydrogens (tertiary/aromatic N) is 1. The number of carbonyl (C=O) groups excluding carboxylic acids is 1. The predicted molar refractivity (Wildman–Crippen MR) is 86.7 cm³/mol. The standard InChI is InChI=1S/C19H21NO2/c1-2-12-20(14-15-8-4-3-5-9-15)19(21)18-13-16-10-6-7-11-17(16)22-18/h3-11,18H,2,12-14H2,1H3. The van der Waals surface area contributed by atoms with Crippen LogP contribution in [0.5, 0.6) is 5.75 Å². The van der Waals surface area contributed by atoms with Crippen molar-refractivity contribution in [2.75, 3.05) is 6.54 Å². The molecule has 1 heterocycles. The van der Waals surface area contributed by atoms with Gasteiger partial charge in [0, 0.05) is 19.5 Å². The monoisotopic (exact) mass is 295 g/mol. The number of amides is 1. The van der Waals surface area contributed by atoms with Gasteiger partial charge >= 0.3 is 0 Å². The Hall–Kier alpha value is -2.29. The van der Waals surface area contributed by atoms with Crippen LogP contribution in [0.3, 0.4) is 0 Å². The van der Waals surface area contributed by atoms with Crippen LogP contribution >= 0.6 is 0 Å². The topological polar surface area (TPSA) is 29.5 Å². The lowest BCUT2D eigenvalue weighted by molar-refractivity contribution is -0.138. The third kappa shape index (κ3) is 3.14. The van der Waals surface area contributed by atoms with Crippen molar-refractivity contribution in [2.45, 2.75) is 32.4 Å². The summed E-state index contributed by atoms with van der Waals surface area (Å²) in [6, 6.07) is 18.0. The van der Waals surface area contributed by atoms with Crippen LogP contribution in [0.1, 0.15) is 24.5 Å². The fraction of sp³-hybridized carbons (Fsp3) is 0.316. The number of fused-ring (bicyclic) bond motifs is 1. The summed E-state index contributed by atoms with van der Waals surface area (Å²) in [4.78, 5) is 14.7. The SMILES string of the molecule is CCCN(Cc1ccccc1)C(=O)C1Cc2ccccc2O1. The van der Waals surface area contributed by atoms with Gasteiger partial charge in [-0.05, 0) is 23.6 Å². The van der Waals surface area contributed by atoms with Crippen molar-refractivity contribution in [1.29, 1.82) is 0 Å². The Balaban J connectivity index is 1.71. The molecule has 0 radical (unpaired) electrons. The predicted octanol–water partition coefficient (Wildman–Crippen LogP) is 3.43. The first-order chi connectivity index (χ1) is 10.8. The Morgan fingerprint density at radius 2 is 1.86 bits per heavy atom. The van der Waals surface area contributed by atoms with Crippen molar-refractivity contribution in [1.82, 2.24) is 4.90 Å². The van der Waals surface area contributed by atoms with Crippen molar-refractivity contribution >= 4 is 5.91 Å². The Morgan fingerprint density at radius 3 is 2.59 bits per heavy atom. The molecule has 0 saturated carbocycles. The van der Waals surface area contributed by atoms with Gasteiger partial charge in [0.15, 0.2) is 6.10 Å². The zero-order valence-corrected chi connectivity index (χ0v) is 12.9. The third-order valence-corrected chi connectivity index (χ3v) is 3.94. The largest absolute Gasteiger partial charge is 0.480 e. The average molecular weight is 295 g/mol. The maximum Gasteiger partial charge on any atom is 0.264 e. The van der Waals surface area contributed by atoms with Gasteiger partial charge in [-0.15, -0.1) is 0 Å². The second-order valence-corrected chi connectivity index (χ2v) is 5.66. The minimum absolute atomic E-state index is 0.0851. The van der Waals surface area contributed by atoms with E-state index in [2.05, 4.69) is 19.1 Å². The van der Waals surface area contributed by atoms with E-state index in [1.165, 1.54) is 0 Å². The lowest BCUT2D eigenvalue weighted by atomic mass is 10.1. The maximum atomic E-state index is 12.8. The summed E-state index contributed by atoms with van der Waals surface area (Å²) in [5.41, 5.74) is 2.27. The highest BCUT2D eigenvalue weighted by Crippen LogP contribution is 2.29. The summed E-state index contributed by atoms with van der Waals surface area (Å²) in [6.45, 7) is 3.49. The molecule has 0 N–H and O–H groups in total. The quantitative estimate of drug-likeness (QED) is 0.846. The van der Waals surface area contributed by atoms with E-state index in [1.54, 1.807) is 0 Å².